The lowest BCUT2D eigenvalue weighted by Gasteiger charge is -2.25. The fraction of sp³-hybridized carbons (Fsp3) is 0.556. The van der Waals surface area contributed by atoms with E-state index >= 15 is 0 Å². The maximum Gasteiger partial charge on any atom is 0.416 e. The van der Waals surface area contributed by atoms with Crippen LogP contribution in [-0.2, 0) is 31.7 Å². The highest BCUT2D eigenvalue weighted by Gasteiger charge is 2.39. The molecule has 12 heteroatoms. The van der Waals surface area contributed by atoms with Gasteiger partial charge in [0, 0.05) is 20.2 Å². The number of benzene rings is 1. The molecule has 0 saturated carbocycles. The summed E-state index contributed by atoms with van der Waals surface area (Å²) in [5.74, 6) is -3.56. The van der Waals surface area contributed by atoms with Crippen LogP contribution < -0.4 is 4.90 Å². The fourth-order valence-corrected chi connectivity index (χ4v) is 3.10. The van der Waals surface area contributed by atoms with Gasteiger partial charge in [-0.25, -0.2) is 4.79 Å². The van der Waals surface area contributed by atoms with E-state index in [1.165, 1.54) is 11.9 Å². The van der Waals surface area contributed by atoms with Gasteiger partial charge in [-0.1, -0.05) is 0 Å². The minimum absolute atomic E-state index is 0.0956. The minimum Gasteiger partial charge on any atom is -0.475 e. The Bertz CT molecular complexity index is 808. The largest absolute Gasteiger partial charge is 0.475 e. The molecule has 1 unspecified atom stereocenters. The number of halogens is 3. The van der Waals surface area contributed by atoms with Gasteiger partial charge in [0.1, 0.15) is 5.69 Å². The van der Waals surface area contributed by atoms with Gasteiger partial charge in [0.15, 0.2) is 6.29 Å². The molecular formula is C18H21F3N2O7. The molecule has 0 aliphatic carbocycles. The molecule has 1 N–H and O–H groups in total. The van der Waals surface area contributed by atoms with E-state index in [9.17, 15) is 32.9 Å². The molecule has 1 fully saturated rings. The zero-order valence-electron chi connectivity index (χ0n) is 16.1. The van der Waals surface area contributed by atoms with E-state index in [2.05, 4.69) is 0 Å². The van der Waals surface area contributed by atoms with E-state index in [0.717, 1.165) is 18.9 Å². The van der Waals surface area contributed by atoms with Crippen LogP contribution >= 0.6 is 0 Å². The Morgan fingerprint density at radius 1 is 1.37 bits per heavy atom. The summed E-state index contributed by atoms with van der Waals surface area (Å²) in [5, 5.41) is 20.3. The van der Waals surface area contributed by atoms with E-state index in [1.807, 2.05) is 0 Å². The summed E-state index contributed by atoms with van der Waals surface area (Å²) in [6, 6.07) is 1.53. The minimum atomic E-state index is -5.00. The number of rotatable bonds is 9. The van der Waals surface area contributed by atoms with Crippen molar-refractivity contribution in [2.45, 2.75) is 38.1 Å². The number of carboxylic acids is 1. The van der Waals surface area contributed by atoms with Crippen molar-refractivity contribution < 1.29 is 42.3 Å². The number of nitro benzene ring substituents is 1. The standard InChI is InChI=1S/C18H21F3N2O7/c1-22(7-9-30-15-4-2-3-8-29-15)13-6-5-12(18(19,20)21)11(16(13)23(27)28)10-14(24)17(25)26/h5-6,15H,2-4,7-10H2,1H3,(H,25,26). The number of Topliss-reactive ketones (excluding diaryl/α,β-unsaturated/α-hetero) is 1. The highest BCUT2D eigenvalue weighted by molar-refractivity contribution is 6.33. The summed E-state index contributed by atoms with van der Waals surface area (Å²) in [6.45, 7) is 0.757. The van der Waals surface area contributed by atoms with E-state index in [0.29, 0.717) is 19.1 Å². The Kier molecular flexibility index (Phi) is 7.73. The van der Waals surface area contributed by atoms with Crippen molar-refractivity contribution in [2.75, 3.05) is 31.7 Å². The third-order valence-electron chi connectivity index (χ3n) is 4.60. The molecule has 0 bridgehead atoms. The van der Waals surface area contributed by atoms with E-state index in [4.69, 9.17) is 14.6 Å². The molecule has 0 aromatic heterocycles. The SMILES string of the molecule is CN(CCOC1CCCCO1)c1ccc(C(F)(F)F)c(CC(=O)C(=O)O)c1[N+](=O)[O-]. The van der Waals surface area contributed by atoms with Crippen molar-refractivity contribution in [3.05, 3.63) is 33.4 Å². The third-order valence-corrected chi connectivity index (χ3v) is 4.60. The average molecular weight is 434 g/mol. The smallest absolute Gasteiger partial charge is 0.416 e. The van der Waals surface area contributed by atoms with Gasteiger partial charge in [0.25, 0.3) is 5.69 Å². The molecule has 1 aliphatic heterocycles. The number of hydrogen-bond acceptors (Lipinski definition) is 7. The average Bonchev–Trinajstić information content (AvgIpc) is 2.67. The second kappa shape index (κ2) is 9.85. The monoisotopic (exact) mass is 434 g/mol. The molecule has 2 rings (SSSR count). The number of hydrogen-bond donors (Lipinski definition) is 1. The summed E-state index contributed by atoms with van der Waals surface area (Å²) in [5.41, 5.74) is -3.56. The number of aliphatic carboxylic acids is 1. The van der Waals surface area contributed by atoms with Gasteiger partial charge in [-0.15, -0.1) is 0 Å². The maximum absolute atomic E-state index is 13.4. The number of carboxylic acid groups (broad SMARTS) is 1. The summed E-state index contributed by atoms with van der Waals surface area (Å²) in [7, 11) is 1.42. The van der Waals surface area contributed by atoms with Gasteiger partial charge >= 0.3 is 12.1 Å². The van der Waals surface area contributed by atoms with Crippen LogP contribution in [0.4, 0.5) is 24.5 Å². The van der Waals surface area contributed by atoms with Gasteiger partial charge in [0.05, 0.1) is 29.1 Å². The predicted molar refractivity (Wildman–Crippen MR) is 97.3 cm³/mol. The van der Waals surface area contributed by atoms with Gasteiger partial charge < -0.3 is 19.5 Å². The molecule has 0 amide bonds. The van der Waals surface area contributed by atoms with Gasteiger partial charge in [-0.3, -0.25) is 14.9 Å². The number of ketones is 1. The van der Waals surface area contributed by atoms with E-state index in [-0.39, 0.29) is 18.8 Å². The molecule has 1 aromatic rings. The number of nitrogens with zero attached hydrogens (tertiary/aromatic N) is 2. The van der Waals surface area contributed by atoms with E-state index < -0.39 is 52.4 Å². The Hall–Kier alpha value is -2.73. The fourth-order valence-electron chi connectivity index (χ4n) is 3.10. The zero-order valence-corrected chi connectivity index (χ0v) is 16.1. The van der Waals surface area contributed by atoms with Crippen LogP contribution in [0.5, 0.6) is 0 Å². The van der Waals surface area contributed by atoms with Gasteiger partial charge in [-0.2, -0.15) is 13.2 Å². The van der Waals surface area contributed by atoms with Crippen LogP contribution in [0.25, 0.3) is 0 Å². The van der Waals surface area contributed by atoms with Crippen LogP contribution in [0.15, 0.2) is 12.1 Å². The molecule has 1 heterocycles. The molecular weight excluding hydrogens is 413 g/mol. The summed E-state index contributed by atoms with van der Waals surface area (Å²) in [6.07, 6.45) is -4.10. The molecule has 1 atom stereocenters. The topological polar surface area (TPSA) is 119 Å². The summed E-state index contributed by atoms with van der Waals surface area (Å²) < 4.78 is 51.0. The highest BCUT2D eigenvalue weighted by Crippen LogP contribution is 2.41. The van der Waals surface area contributed by atoms with Crippen molar-refractivity contribution in [1.82, 2.24) is 0 Å². The zero-order chi connectivity index (χ0) is 22.5. The van der Waals surface area contributed by atoms with E-state index in [1.54, 1.807) is 0 Å². The molecule has 0 radical (unpaired) electrons. The summed E-state index contributed by atoms with van der Waals surface area (Å²) >= 11 is 0. The maximum atomic E-state index is 13.4. The van der Waals surface area contributed by atoms with Crippen LogP contribution in [0.1, 0.15) is 30.4 Å². The lowest BCUT2D eigenvalue weighted by atomic mass is 9.98. The number of carbonyl (C=O) groups is 2. The first kappa shape index (κ1) is 23.5. The Labute approximate surface area is 169 Å². The quantitative estimate of drug-likeness (QED) is 0.358. The number of ether oxygens (including phenoxy) is 2. The van der Waals surface area contributed by atoms with Crippen molar-refractivity contribution in [1.29, 1.82) is 0 Å². The Morgan fingerprint density at radius 2 is 2.07 bits per heavy atom. The first-order chi connectivity index (χ1) is 14.0. The number of carbonyl (C=O) groups excluding carboxylic acids is 1. The highest BCUT2D eigenvalue weighted by atomic mass is 19.4. The first-order valence-electron chi connectivity index (χ1n) is 9.10. The van der Waals surface area contributed by atoms with Crippen LogP contribution in [0.3, 0.4) is 0 Å². The lowest BCUT2D eigenvalue weighted by Crippen LogP contribution is -2.29. The molecule has 30 heavy (non-hydrogen) atoms. The molecule has 0 spiro atoms. The molecule has 9 nitrogen and oxygen atoms in total. The van der Waals surface area contributed by atoms with Gasteiger partial charge in [-0.05, 0) is 31.4 Å². The van der Waals surface area contributed by atoms with Crippen LogP contribution in [-0.4, -0.2) is 54.9 Å². The second-order valence-corrected chi connectivity index (χ2v) is 6.71. The number of likely N-dealkylation sites (N-methyl/N-ethyl adjacent to an activating group) is 1. The number of anilines is 1. The number of nitro groups is 1. The van der Waals surface area contributed by atoms with Crippen molar-refractivity contribution in [2.24, 2.45) is 0 Å². The Balaban J connectivity index is 2.32. The van der Waals surface area contributed by atoms with Crippen LogP contribution in [0.2, 0.25) is 0 Å². The Morgan fingerprint density at radius 3 is 2.60 bits per heavy atom. The van der Waals surface area contributed by atoms with Crippen molar-refractivity contribution in [3.63, 3.8) is 0 Å². The summed E-state index contributed by atoms with van der Waals surface area (Å²) in [4.78, 5) is 34.2. The first-order valence-corrected chi connectivity index (χ1v) is 9.10. The van der Waals surface area contributed by atoms with Gasteiger partial charge in [0.2, 0.25) is 5.78 Å². The number of alkyl halides is 3. The third kappa shape index (κ3) is 5.89. The molecule has 166 valence electrons. The molecule has 1 aromatic carbocycles. The van der Waals surface area contributed by atoms with Crippen molar-refractivity contribution >= 4 is 23.1 Å². The molecule has 1 saturated heterocycles. The van der Waals surface area contributed by atoms with Crippen molar-refractivity contribution in [3.8, 4) is 0 Å². The second-order valence-electron chi connectivity index (χ2n) is 6.71. The lowest BCUT2D eigenvalue weighted by molar-refractivity contribution is -0.385. The molecule has 1 aliphatic rings. The normalized spacial score (nSPS) is 16.9. The van der Waals surface area contributed by atoms with Crippen LogP contribution in [0, 0.1) is 10.1 Å². The predicted octanol–water partition coefficient (Wildman–Crippen LogP) is 2.79.